The molecule has 0 aromatic rings. The summed E-state index contributed by atoms with van der Waals surface area (Å²) in [7, 11) is 0. The predicted molar refractivity (Wildman–Crippen MR) is 94.4 cm³/mol. The SMILES string of the molecule is CCCCCCCCC=CCCCCCCCC(O)S. The van der Waals surface area contributed by atoms with E-state index < -0.39 is 5.44 Å². The minimum absolute atomic E-state index is 0.417. The third-order valence-corrected chi connectivity index (χ3v) is 3.98. The zero-order chi connectivity index (χ0) is 14.9. The van der Waals surface area contributed by atoms with Crippen LogP contribution in [0, 0.1) is 0 Å². The molecule has 1 atom stereocenters. The van der Waals surface area contributed by atoms with E-state index in [1.165, 1.54) is 77.0 Å². The zero-order valence-electron chi connectivity index (χ0n) is 13.5. The monoisotopic (exact) mass is 300 g/mol. The molecule has 1 unspecified atom stereocenters. The number of hydrogen-bond acceptors (Lipinski definition) is 2. The predicted octanol–water partition coefficient (Wildman–Crippen LogP) is 6.27. The van der Waals surface area contributed by atoms with Crippen molar-refractivity contribution in [1.82, 2.24) is 0 Å². The summed E-state index contributed by atoms with van der Waals surface area (Å²) in [5.41, 5.74) is -0.417. The summed E-state index contributed by atoms with van der Waals surface area (Å²) >= 11 is 3.97. The van der Waals surface area contributed by atoms with Crippen molar-refractivity contribution in [1.29, 1.82) is 0 Å². The minimum atomic E-state index is -0.417. The molecule has 0 aliphatic heterocycles. The number of hydrogen-bond donors (Lipinski definition) is 2. The van der Waals surface area contributed by atoms with Crippen molar-refractivity contribution in [2.24, 2.45) is 0 Å². The minimum Gasteiger partial charge on any atom is -0.383 e. The van der Waals surface area contributed by atoms with Crippen LogP contribution in [-0.2, 0) is 0 Å². The molecule has 1 N–H and O–H groups in total. The van der Waals surface area contributed by atoms with E-state index in [0.717, 1.165) is 12.8 Å². The van der Waals surface area contributed by atoms with Crippen LogP contribution in [0.2, 0.25) is 0 Å². The first-order chi connectivity index (χ1) is 9.77. The smallest absolute Gasteiger partial charge is 0.0964 e. The fourth-order valence-corrected chi connectivity index (χ4v) is 2.58. The summed E-state index contributed by atoms with van der Waals surface area (Å²) in [5.74, 6) is 0. The molecule has 2 heteroatoms. The molecule has 20 heavy (non-hydrogen) atoms. The molecule has 0 saturated heterocycles. The fourth-order valence-electron chi connectivity index (χ4n) is 2.40. The normalized spacial score (nSPS) is 13.2. The molecule has 0 aliphatic rings. The fraction of sp³-hybridized carbons (Fsp3) is 0.889. The van der Waals surface area contributed by atoms with Crippen LogP contribution in [0.5, 0.6) is 0 Å². The second-order valence-electron chi connectivity index (χ2n) is 5.85. The maximum atomic E-state index is 9.01. The third-order valence-electron chi connectivity index (χ3n) is 3.72. The van der Waals surface area contributed by atoms with Crippen LogP contribution in [-0.4, -0.2) is 10.5 Å². The molecule has 0 aromatic heterocycles. The van der Waals surface area contributed by atoms with Gasteiger partial charge in [-0.3, -0.25) is 0 Å². The van der Waals surface area contributed by atoms with Crippen molar-refractivity contribution in [2.45, 2.75) is 102 Å². The van der Waals surface area contributed by atoms with Crippen molar-refractivity contribution >= 4 is 12.6 Å². The Bertz CT molecular complexity index is 202. The summed E-state index contributed by atoms with van der Waals surface area (Å²) in [4.78, 5) is 0. The number of unbranched alkanes of at least 4 members (excludes halogenated alkanes) is 11. The van der Waals surface area contributed by atoms with Gasteiger partial charge in [-0.1, -0.05) is 76.9 Å². The van der Waals surface area contributed by atoms with Crippen LogP contribution in [0.1, 0.15) is 96.8 Å². The van der Waals surface area contributed by atoms with Crippen molar-refractivity contribution in [3.8, 4) is 0 Å². The van der Waals surface area contributed by atoms with Gasteiger partial charge in [0.2, 0.25) is 0 Å². The molecule has 0 radical (unpaired) electrons. The number of thiol groups is 1. The lowest BCUT2D eigenvalue weighted by Gasteiger charge is -2.02. The summed E-state index contributed by atoms with van der Waals surface area (Å²) < 4.78 is 0. The van der Waals surface area contributed by atoms with Gasteiger partial charge in [0.05, 0.1) is 5.44 Å². The van der Waals surface area contributed by atoms with E-state index in [1.54, 1.807) is 0 Å². The van der Waals surface area contributed by atoms with Gasteiger partial charge in [-0.25, -0.2) is 0 Å². The topological polar surface area (TPSA) is 20.2 Å². The van der Waals surface area contributed by atoms with Gasteiger partial charge in [-0.2, -0.15) is 0 Å². The van der Waals surface area contributed by atoms with Crippen LogP contribution in [0.25, 0.3) is 0 Å². The van der Waals surface area contributed by atoms with Gasteiger partial charge in [-0.15, -0.1) is 12.6 Å². The molecular formula is C18H36OS. The number of aliphatic hydroxyl groups excluding tert-OH is 1. The van der Waals surface area contributed by atoms with Gasteiger partial charge < -0.3 is 5.11 Å². The standard InChI is InChI=1S/C18H36OS/c1-2-3-4-5-6-7-8-9-10-11-12-13-14-15-16-17-18(19)20/h9-10,18-20H,2-8,11-17H2,1H3. The van der Waals surface area contributed by atoms with Gasteiger partial charge in [0, 0.05) is 0 Å². The second kappa shape index (κ2) is 17.1. The molecule has 0 spiro atoms. The number of aliphatic hydroxyl groups is 1. The van der Waals surface area contributed by atoms with Crippen molar-refractivity contribution in [3.63, 3.8) is 0 Å². The first-order valence-electron chi connectivity index (χ1n) is 8.78. The van der Waals surface area contributed by atoms with Crippen LogP contribution in [0.15, 0.2) is 12.2 Å². The zero-order valence-corrected chi connectivity index (χ0v) is 14.4. The number of rotatable bonds is 15. The van der Waals surface area contributed by atoms with Gasteiger partial charge in [0.15, 0.2) is 0 Å². The van der Waals surface area contributed by atoms with Gasteiger partial charge in [-0.05, 0) is 32.1 Å². The van der Waals surface area contributed by atoms with E-state index in [4.69, 9.17) is 5.11 Å². The molecule has 0 saturated carbocycles. The maximum Gasteiger partial charge on any atom is 0.0964 e. The summed E-state index contributed by atoms with van der Waals surface area (Å²) in [6, 6.07) is 0. The maximum absolute atomic E-state index is 9.01. The Hall–Kier alpha value is 0.0500. The number of allylic oxidation sites excluding steroid dienone is 2. The lowest BCUT2D eigenvalue weighted by Crippen LogP contribution is -1.94. The molecule has 0 aromatic carbocycles. The molecule has 0 rings (SSSR count). The second-order valence-corrected chi connectivity index (χ2v) is 6.45. The highest BCUT2D eigenvalue weighted by Gasteiger charge is 1.95. The first-order valence-corrected chi connectivity index (χ1v) is 9.30. The van der Waals surface area contributed by atoms with Crippen LogP contribution in [0.3, 0.4) is 0 Å². The highest BCUT2D eigenvalue weighted by Crippen LogP contribution is 2.11. The average Bonchev–Trinajstić information content (AvgIpc) is 2.43. The van der Waals surface area contributed by atoms with E-state index in [0.29, 0.717) is 0 Å². The van der Waals surface area contributed by atoms with Gasteiger partial charge >= 0.3 is 0 Å². The highest BCUT2D eigenvalue weighted by molar-refractivity contribution is 7.80. The summed E-state index contributed by atoms with van der Waals surface area (Å²) in [6.07, 6.45) is 22.7. The third kappa shape index (κ3) is 18.0. The van der Waals surface area contributed by atoms with Gasteiger partial charge in [0.1, 0.15) is 0 Å². The van der Waals surface area contributed by atoms with E-state index in [-0.39, 0.29) is 0 Å². The van der Waals surface area contributed by atoms with Crippen LogP contribution in [0.4, 0.5) is 0 Å². The van der Waals surface area contributed by atoms with Crippen molar-refractivity contribution < 1.29 is 5.11 Å². The van der Waals surface area contributed by atoms with E-state index in [9.17, 15) is 0 Å². The summed E-state index contributed by atoms with van der Waals surface area (Å²) in [5, 5.41) is 9.01. The van der Waals surface area contributed by atoms with E-state index >= 15 is 0 Å². The lowest BCUT2D eigenvalue weighted by molar-refractivity contribution is 0.249. The van der Waals surface area contributed by atoms with Crippen molar-refractivity contribution in [2.75, 3.05) is 0 Å². The van der Waals surface area contributed by atoms with E-state index in [2.05, 4.69) is 31.7 Å². The molecule has 0 aliphatic carbocycles. The van der Waals surface area contributed by atoms with Crippen molar-refractivity contribution in [3.05, 3.63) is 12.2 Å². The van der Waals surface area contributed by atoms with Crippen LogP contribution >= 0.6 is 12.6 Å². The van der Waals surface area contributed by atoms with Crippen LogP contribution < -0.4 is 0 Å². The molecule has 0 bridgehead atoms. The Kier molecular flexibility index (Phi) is 17.1. The Morgan fingerprint density at radius 3 is 1.70 bits per heavy atom. The molecule has 0 fully saturated rings. The molecular weight excluding hydrogens is 264 g/mol. The van der Waals surface area contributed by atoms with E-state index in [1.807, 2.05) is 0 Å². The van der Waals surface area contributed by atoms with Gasteiger partial charge in [0.25, 0.3) is 0 Å². The highest BCUT2D eigenvalue weighted by atomic mass is 32.1. The Morgan fingerprint density at radius 2 is 1.20 bits per heavy atom. The Balaban J connectivity index is 3.05. The Morgan fingerprint density at radius 1 is 0.750 bits per heavy atom. The molecule has 1 nitrogen and oxygen atoms in total. The first kappa shape index (κ1) is 20.1. The largest absolute Gasteiger partial charge is 0.383 e. The molecule has 120 valence electrons. The quantitative estimate of drug-likeness (QED) is 0.158. The molecule has 0 heterocycles. The lowest BCUT2D eigenvalue weighted by atomic mass is 10.1. The average molecular weight is 301 g/mol. The Labute approximate surface area is 132 Å². The molecule has 0 amide bonds. The summed E-state index contributed by atoms with van der Waals surface area (Å²) in [6.45, 7) is 2.27.